The molecule has 2 aromatic rings. The molecule has 27 heavy (non-hydrogen) atoms. The zero-order valence-electron chi connectivity index (χ0n) is 15.8. The van der Waals surface area contributed by atoms with Crippen LogP contribution in [-0.2, 0) is 29.0 Å². The van der Waals surface area contributed by atoms with E-state index in [1.165, 1.54) is 0 Å². The minimum Gasteiger partial charge on any atom is -0.351 e. The molecule has 1 fully saturated rings. The first-order valence-electron chi connectivity index (χ1n) is 9.45. The number of benzene rings is 2. The highest BCUT2D eigenvalue weighted by molar-refractivity contribution is 6.30. The van der Waals surface area contributed by atoms with Gasteiger partial charge in [0.25, 0.3) is 0 Å². The minimum absolute atomic E-state index is 0.202. The molecule has 3 rings (SSSR count). The molecule has 4 nitrogen and oxygen atoms in total. The van der Waals surface area contributed by atoms with Gasteiger partial charge in [0.05, 0.1) is 0 Å². The van der Waals surface area contributed by atoms with Gasteiger partial charge in [-0.2, -0.15) is 0 Å². The summed E-state index contributed by atoms with van der Waals surface area (Å²) in [6.45, 7) is 4.52. The third-order valence-corrected chi connectivity index (χ3v) is 5.47. The minimum atomic E-state index is -0.946. The maximum absolute atomic E-state index is 12.9. The number of carbonyl (C=O) groups is 2. The first-order valence-corrected chi connectivity index (χ1v) is 9.83. The van der Waals surface area contributed by atoms with Crippen LogP contribution in [-0.4, -0.2) is 11.8 Å². The van der Waals surface area contributed by atoms with Gasteiger partial charge in [-0.15, -0.1) is 0 Å². The van der Waals surface area contributed by atoms with E-state index in [1.807, 2.05) is 30.3 Å². The fraction of sp³-hybridized carbons (Fsp3) is 0.364. The molecular weight excluding hydrogens is 360 g/mol. The quantitative estimate of drug-likeness (QED) is 0.690. The summed E-state index contributed by atoms with van der Waals surface area (Å²) >= 11 is 5.88. The zero-order chi connectivity index (χ0) is 19.4. The number of nitrogens with one attached hydrogen (secondary N) is 2. The molecule has 0 spiro atoms. The lowest BCUT2D eigenvalue weighted by Crippen LogP contribution is -2.40. The number of hydrogen-bond donors (Lipinski definition) is 2. The molecule has 142 valence electrons. The van der Waals surface area contributed by atoms with Crippen molar-refractivity contribution in [3.05, 3.63) is 64.2 Å². The second-order valence-electron chi connectivity index (χ2n) is 7.00. The van der Waals surface area contributed by atoms with E-state index in [2.05, 4.69) is 24.5 Å². The van der Waals surface area contributed by atoms with Gasteiger partial charge in [-0.25, -0.2) is 0 Å². The average Bonchev–Trinajstić information content (AvgIpc) is 3.49. The van der Waals surface area contributed by atoms with Crippen LogP contribution in [0.5, 0.6) is 0 Å². The molecule has 1 aliphatic carbocycles. The molecule has 0 atom stereocenters. The Kier molecular flexibility index (Phi) is 5.85. The Morgan fingerprint density at radius 3 is 2.07 bits per heavy atom. The van der Waals surface area contributed by atoms with Crippen LogP contribution in [0.1, 0.15) is 43.4 Å². The lowest BCUT2D eigenvalue weighted by Gasteiger charge is -2.19. The standard InChI is InChI=1S/C22H25ClN2O2/c1-3-16-6-5-7-17(4-2)19(16)25-21(27)22(12-13-22)20(26)24-14-15-8-10-18(23)11-9-15/h5-11H,3-4,12-14H2,1-2H3,(H,24,26)(H,25,27). The van der Waals surface area contributed by atoms with Crippen LogP contribution in [0.3, 0.4) is 0 Å². The molecule has 2 N–H and O–H groups in total. The fourth-order valence-electron chi connectivity index (χ4n) is 3.27. The van der Waals surface area contributed by atoms with E-state index < -0.39 is 5.41 Å². The Labute approximate surface area is 165 Å². The zero-order valence-corrected chi connectivity index (χ0v) is 16.5. The Morgan fingerprint density at radius 2 is 1.56 bits per heavy atom. The Balaban J connectivity index is 1.69. The monoisotopic (exact) mass is 384 g/mol. The third kappa shape index (κ3) is 4.16. The molecule has 0 bridgehead atoms. The summed E-state index contributed by atoms with van der Waals surface area (Å²) in [4.78, 5) is 25.7. The molecule has 1 saturated carbocycles. The summed E-state index contributed by atoms with van der Waals surface area (Å²) in [5.74, 6) is -0.409. The molecule has 0 unspecified atom stereocenters. The van der Waals surface area contributed by atoms with Crippen LogP contribution < -0.4 is 10.6 Å². The van der Waals surface area contributed by atoms with Gasteiger partial charge >= 0.3 is 0 Å². The van der Waals surface area contributed by atoms with Crippen molar-refractivity contribution in [1.82, 2.24) is 5.32 Å². The molecule has 0 saturated heterocycles. The van der Waals surface area contributed by atoms with E-state index in [9.17, 15) is 9.59 Å². The summed E-state index contributed by atoms with van der Waals surface area (Å²) in [5, 5.41) is 6.61. The van der Waals surface area contributed by atoms with E-state index in [0.29, 0.717) is 24.4 Å². The third-order valence-electron chi connectivity index (χ3n) is 5.22. The number of carbonyl (C=O) groups excluding carboxylic acids is 2. The number of para-hydroxylation sites is 1. The van der Waals surface area contributed by atoms with Gasteiger partial charge in [-0.3, -0.25) is 9.59 Å². The second-order valence-corrected chi connectivity index (χ2v) is 7.44. The first kappa shape index (κ1) is 19.4. The van der Waals surface area contributed by atoms with Crippen molar-refractivity contribution in [2.24, 2.45) is 5.41 Å². The molecule has 1 aliphatic rings. The van der Waals surface area contributed by atoms with E-state index in [0.717, 1.165) is 35.2 Å². The maximum Gasteiger partial charge on any atom is 0.240 e. The fourth-order valence-corrected chi connectivity index (χ4v) is 3.40. The number of halogens is 1. The van der Waals surface area contributed by atoms with Crippen LogP contribution in [0.15, 0.2) is 42.5 Å². The maximum atomic E-state index is 12.9. The van der Waals surface area contributed by atoms with Crippen molar-refractivity contribution in [3.63, 3.8) is 0 Å². The molecule has 0 aromatic heterocycles. The van der Waals surface area contributed by atoms with E-state index in [-0.39, 0.29) is 11.8 Å². The lowest BCUT2D eigenvalue weighted by atomic mass is 10.0. The summed E-state index contributed by atoms with van der Waals surface area (Å²) < 4.78 is 0. The Morgan fingerprint density at radius 1 is 0.963 bits per heavy atom. The van der Waals surface area contributed by atoms with Gasteiger partial charge in [0.1, 0.15) is 5.41 Å². The lowest BCUT2D eigenvalue weighted by molar-refractivity contribution is -0.134. The molecule has 0 radical (unpaired) electrons. The van der Waals surface area contributed by atoms with E-state index in [4.69, 9.17) is 11.6 Å². The summed E-state index contributed by atoms with van der Waals surface area (Å²) in [6, 6.07) is 13.4. The van der Waals surface area contributed by atoms with Crippen molar-refractivity contribution >= 4 is 29.1 Å². The Hall–Kier alpha value is -2.33. The second kappa shape index (κ2) is 8.13. The van der Waals surface area contributed by atoms with Gasteiger partial charge in [-0.1, -0.05) is 55.8 Å². The highest BCUT2D eigenvalue weighted by Gasteiger charge is 2.56. The smallest absolute Gasteiger partial charge is 0.240 e. The topological polar surface area (TPSA) is 58.2 Å². The van der Waals surface area contributed by atoms with Crippen LogP contribution >= 0.6 is 11.6 Å². The SMILES string of the molecule is CCc1cccc(CC)c1NC(=O)C1(C(=O)NCc2ccc(Cl)cc2)CC1. The Bertz CT molecular complexity index is 820. The van der Waals surface area contributed by atoms with Crippen molar-refractivity contribution in [1.29, 1.82) is 0 Å². The van der Waals surface area contributed by atoms with E-state index in [1.54, 1.807) is 12.1 Å². The number of anilines is 1. The number of rotatable bonds is 7. The van der Waals surface area contributed by atoms with Crippen LogP contribution in [0.4, 0.5) is 5.69 Å². The van der Waals surface area contributed by atoms with Crippen LogP contribution in [0.25, 0.3) is 0 Å². The number of aryl methyl sites for hydroxylation is 2. The largest absolute Gasteiger partial charge is 0.351 e. The summed E-state index contributed by atoms with van der Waals surface area (Å²) in [7, 11) is 0. The highest BCUT2D eigenvalue weighted by atomic mass is 35.5. The molecule has 0 heterocycles. The summed E-state index contributed by atoms with van der Waals surface area (Å²) in [6.07, 6.45) is 2.83. The normalized spacial score (nSPS) is 14.5. The van der Waals surface area contributed by atoms with Gasteiger partial charge in [0.2, 0.25) is 11.8 Å². The number of hydrogen-bond acceptors (Lipinski definition) is 2. The molecule has 5 heteroatoms. The molecular formula is C22H25ClN2O2. The van der Waals surface area contributed by atoms with Crippen molar-refractivity contribution in [3.8, 4) is 0 Å². The van der Waals surface area contributed by atoms with Gasteiger partial charge in [0.15, 0.2) is 0 Å². The number of amides is 2. The predicted octanol–water partition coefficient (Wildman–Crippen LogP) is 4.50. The molecule has 2 amide bonds. The molecule has 2 aromatic carbocycles. The van der Waals surface area contributed by atoms with Crippen LogP contribution in [0, 0.1) is 5.41 Å². The summed E-state index contributed by atoms with van der Waals surface area (Å²) in [5.41, 5.74) is 3.07. The van der Waals surface area contributed by atoms with Gasteiger partial charge in [-0.05, 0) is 54.5 Å². The predicted molar refractivity (Wildman–Crippen MR) is 109 cm³/mol. The average molecular weight is 385 g/mol. The van der Waals surface area contributed by atoms with Gasteiger partial charge < -0.3 is 10.6 Å². The molecule has 0 aliphatic heterocycles. The first-order chi connectivity index (χ1) is 13.0. The van der Waals surface area contributed by atoms with Gasteiger partial charge in [0, 0.05) is 17.3 Å². The van der Waals surface area contributed by atoms with Crippen molar-refractivity contribution in [2.75, 3.05) is 5.32 Å². The highest BCUT2D eigenvalue weighted by Crippen LogP contribution is 2.47. The van der Waals surface area contributed by atoms with Crippen molar-refractivity contribution in [2.45, 2.75) is 46.1 Å². The van der Waals surface area contributed by atoms with Crippen molar-refractivity contribution < 1.29 is 9.59 Å². The van der Waals surface area contributed by atoms with E-state index >= 15 is 0 Å². The van der Waals surface area contributed by atoms with Crippen LogP contribution in [0.2, 0.25) is 5.02 Å².